The zero-order valence-electron chi connectivity index (χ0n) is 8.53. The zero-order chi connectivity index (χ0) is 10.3. The van der Waals surface area contributed by atoms with E-state index in [0.717, 1.165) is 12.3 Å². The molecule has 0 bridgehead atoms. The van der Waals surface area contributed by atoms with Gasteiger partial charge >= 0.3 is 0 Å². The van der Waals surface area contributed by atoms with Gasteiger partial charge in [-0.1, -0.05) is 5.16 Å². The van der Waals surface area contributed by atoms with E-state index in [-0.39, 0.29) is 5.91 Å². The third kappa shape index (κ3) is 2.03. The second-order valence-corrected chi connectivity index (χ2v) is 4.54. The minimum atomic E-state index is -0.0995. The molecule has 1 aromatic heterocycles. The lowest BCUT2D eigenvalue weighted by Crippen LogP contribution is -2.25. The van der Waals surface area contributed by atoms with Gasteiger partial charge in [0.05, 0.1) is 0 Å². The van der Waals surface area contributed by atoms with Crippen LogP contribution in [0.5, 0.6) is 0 Å². The van der Waals surface area contributed by atoms with Gasteiger partial charge in [0.25, 0.3) is 5.91 Å². The molecule has 2 fully saturated rings. The number of aromatic nitrogens is 1. The third-order valence-electron chi connectivity index (χ3n) is 2.99. The molecule has 4 nitrogen and oxygen atoms in total. The highest BCUT2D eigenvalue weighted by Gasteiger charge is 2.29. The van der Waals surface area contributed by atoms with Crippen molar-refractivity contribution in [3.8, 4) is 0 Å². The molecule has 0 radical (unpaired) electrons. The second kappa shape index (κ2) is 3.36. The fourth-order valence-electron chi connectivity index (χ4n) is 1.61. The van der Waals surface area contributed by atoms with Crippen molar-refractivity contribution < 1.29 is 9.32 Å². The van der Waals surface area contributed by atoms with E-state index in [0.29, 0.717) is 17.5 Å². The van der Waals surface area contributed by atoms with Crippen molar-refractivity contribution in [2.75, 3.05) is 6.54 Å². The number of rotatable bonds is 4. The van der Waals surface area contributed by atoms with Crippen LogP contribution in [0, 0.1) is 5.92 Å². The molecule has 0 atom stereocenters. The summed E-state index contributed by atoms with van der Waals surface area (Å²) in [5.74, 6) is 1.98. The number of hydrogen-bond donors (Lipinski definition) is 1. The van der Waals surface area contributed by atoms with Gasteiger partial charge in [-0.15, -0.1) is 0 Å². The molecule has 80 valence electrons. The first-order valence-corrected chi connectivity index (χ1v) is 5.58. The Balaban J connectivity index is 1.60. The molecule has 2 aliphatic rings. The molecule has 0 saturated heterocycles. The Morgan fingerprint density at radius 2 is 2.27 bits per heavy atom. The average Bonchev–Trinajstić information content (AvgIpc) is 3.15. The number of carbonyl (C=O) groups is 1. The SMILES string of the molecule is O=C(NCC1CC1)c1cc(C2CC2)on1. The predicted octanol–water partition coefficient (Wildman–Crippen LogP) is 1.69. The molecule has 1 N–H and O–H groups in total. The first-order valence-electron chi connectivity index (χ1n) is 5.58. The van der Waals surface area contributed by atoms with Crippen LogP contribution in [-0.2, 0) is 0 Å². The number of nitrogens with zero attached hydrogens (tertiary/aromatic N) is 1. The molecule has 0 unspecified atom stereocenters. The summed E-state index contributed by atoms with van der Waals surface area (Å²) in [6, 6.07) is 1.78. The van der Waals surface area contributed by atoms with Crippen molar-refractivity contribution in [2.45, 2.75) is 31.6 Å². The van der Waals surface area contributed by atoms with Crippen LogP contribution in [0.15, 0.2) is 10.6 Å². The van der Waals surface area contributed by atoms with Crippen LogP contribution in [0.2, 0.25) is 0 Å². The maximum atomic E-state index is 11.6. The molecule has 0 aliphatic heterocycles. The van der Waals surface area contributed by atoms with Crippen molar-refractivity contribution in [1.82, 2.24) is 10.5 Å². The van der Waals surface area contributed by atoms with Crippen molar-refractivity contribution >= 4 is 5.91 Å². The van der Waals surface area contributed by atoms with E-state index in [2.05, 4.69) is 10.5 Å². The van der Waals surface area contributed by atoms with Crippen molar-refractivity contribution in [1.29, 1.82) is 0 Å². The van der Waals surface area contributed by atoms with Crippen LogP contribution >= 0.6 is 0 Å². The monoisotopic (exact) mass is 206 g/mol. The van der Waals surface area contributed by atoms with Gasteiger partial charge in [-0.05, 0) is 31.6 Å². The van der Waals surface area contributed by atoms with Crippen molar-refractivity contribution in [3.05, 3.63) is 17.5 Å². The Morgan fingerprint density at radius 3 is 2.93 bits per heavy atom. The smallest absolute Gasteiger partial charge is 0.273 e. The molecule has 2 saturated carbocycles. The Bertz CT molecular complexity index is 378. The van der Waals surface area contributed by atoms with Crippen molar-refractivity contribution in [3.63, 3.8) is 0 Å². The van der Waals surface area contributed by atoms with Crippen LogP contribution in [0.1, 0.15) is 47.8 Å². The minimum Gasteiger partial charge on any atom is -0.360 e. The van der Waals surface area contributed by atoms with E-state index in [1.165, 1.54) is 25.7 Å². The molecule has 3 rings (SSSR count). The molecule has 4 heteroatoms. The van der Waals surface area contributed by atoms with E-state index in [1.807, 2.05) is 0 Å². The maximum Gasteiger partial charge on any atom is 0.273 e. The highest BCUT2D eigenvalue weighted by atomic mass is 16.5. The van der Waals surface area contributed by atoms with Gasteiger partial charge in [-0.25, -0.2) is 0 Å². The summed E-state index contributed by atoms with van der Waals surface area (Å²) in [5.41, 5.74) is 0.428. The highest BCUT2D eigenvalue weighted by Crippen LogP contribution is 2.40. The van der Waals surface area contributed by atoms with Crippen LogP contribution in [0.3, 0.4) is 0 Å². The van der Waals surface area contributed by atoms with Gasteiger partial charge in [0, 0.05) is 18.5 Å². The average molecular weight is 206 g/mol. The number of carbonyl (C=O) groups excluding carboxylic acids is 1. The van der Waals surface area contributed by atoms with Crippen LogP contribution in [0.4, 0.5) is 0 Å². The topological polar surface area (TPSA) is 55.1 Å². The number of nitrogens with one attached hydrogen (secondary N) is 1. The minimum absolute atomic E-state index is 0.0995. The summed E-state index contributed by atoms with van der Waals surface area (Å²) < 4.78 is 5.12. The summed E-state index contributed by atoms with van der Waals surface area (Å²) in [6.45, 7) is 0.782. The Hall–Kier alpha value is -1.32. The van der Waals surface area contributed by atoms with Gasteiger partial charge in [0.15, 0.2) is 5.69 Å². The standard InChI is InChI=1S/C11H14N2O2/c14-11(12-6-7-1-2-7)9-5-10(15-13-9)8-3-4-8/h5,7-8H,1-4,6H2,(H,12,14). The van der Waals surface area contributed by atoms with Crippen LogP contribution in [0.25, 0.3) is 0 Å². The van der Waals surface area contributed by atoms with E-state index >= 15 is 0 Å². The van der Waals surface area contributed by atoms with E-state index in [4.69, 9.17) is 4.52 Å². The second-order valence-electron chi connectivity index (χ2n) is 4.54. The van der Waals surface area contributed by atoms with Gasteiger partial charge < -0.3 is 9.84 Å². The molecular formula is C11H14N2O2. The summed E-state index contributed by atoms with van der Waals surface area (Å²) in [7, 11) is 0. The molecule has 1 heterocycles. The van der Waals surface area contributed by atoms with Gasteiger partial charge in [0.2, 0.25) is 0 Å². The predicted molar refractivity (Wildman–Crippen MR) is 53.5 cm³/mol. The largest absolute Gasteiger partial charge is 0.360 e. The molecule has 1 amide bonds. The lowest BCUT2D eigenvalue weighted by atomic mass is 10.3. The zero-order valence-corrected chi connectivity index (χ0v) is 8.53. The summed E-state index contributed by atoms with van der Waals surface area (Å²) in [4.78, 5) is 11.6. The molecule has 1 aromatic rings. The maximum absolute atomic E-state index is 11.6. The van der Waals surface area contributed by atoms with E-state index < -0.39 is 0 Å². The molecular weight excluding hydrogens is 192 g/mol. The molecule has 0 aromatic carbocycles. The highest BCUT2D eigenvalue weighted by molar-refractivity contribution is 5.92. The first-order chi connectivity index (χ1) is 7.33. The fraction of sp³-hybridized carbons (Fsp3) is 0.636. The van der Waals surface area contributed by atoms with Crippen molar-refractivity contribution in [2.24, 2.45) is 5.92 Å². The lowest BCUT2D eigenvalue weighted by molar-refractivity contribution is 0.0942. The van der Waals surface area contributed by atoms with Gasteiger partial charge in [-0.3, -0.25) is 4.79 Å². The normalized spacial score (nSPS) is 20.3. The lowest BCUT2D eigenvalue weighted by Gasteiger charge is -1.98. The fourth-order valence-corrected chi connectivity index (χ4v) is 1.61. The van der Waals surface area contributed by atoms with Crippen LogP contribution < -0.4 is 5.32 Å². The van der Waals surface area contributed by atoms with Gasteiger partial charge in [0.1, 0.15) is 5.76 Å². The Morgan fingerprint density at radius 1 is 1.47 bits per heavy atom. The Labute approximate surface area is 88.0 Å². The van der Waals surface area contributed by atoms with Gasteiger partial charge in [-0.2, -0.15) is 0 Å². The van der Waals surface area contributed by atoms with Crippen LogP contribution in [-0.4, -0.2) is 17.6 Å². The van der Waals surface area contributed by atoms with E-state index in [1.54, 1.807) is 6.07 Å². The number of hydrogen-bond acceptors (Lipinski definition) is 3. The first kappa shape index (κ1) is 8.95. The summed E-state index contributed by atoms with van der Waals surface area (Å²) in [5, 5.41) is 6.66. The third-order valence-corrected chi connectivity index (χ3v) is 2.99. The molecule has 0 spiro atoms. The summed E-state index contributed by atoms with van der Waals surface area (Å²) in [6.07, 6.45) is 4.81. The molecule has 2 aliphatic carbocycles. The molecule has 15 heavy (non-hydrogen) atoms. The number of amides is 1. The summed E-state index contributed by atoms with van der Waals surface area (Å²) >= 11 is 0. The quantitative estimate of drug-likeness (QED) is 0.815. The van der Waals surface area contributed by atoms with E-state index in [9.17, 15) is 4.79 Å². The Kier molecular flexibility index (Phi) is 2.01.